The molecule has 88 valence electrons. The monoisotopic (exact) mass is 223 g/mol. The van der Waals surface area contributed by atoms with Crippen molar-refractivity contribution in [2.45, 2.75) is 6.42 Å². The average Bonchev–Trinajstić information content (AvgIpc) is 2.30. The number of methoxy groups -OCH3 is 1. The van der Waals surface area contributed by atoms with E-state index in [9.17, 15) is 4.79 Å². The van der Waals surface area contributed by atoms with Crippen LogP contribution in [0, 0.1) is 0 Å². The first-order valence-corrected chi connectivity index (χ1v) is 5.11. The number of rotatable bonds is 5. The zero-order valence-electron chi connectivity index (χ0n) is 9.32. The normalized spacial score (nSPS) is 9.88. The van der Waals surface area contributed by atoms with Gasteiger partial charge in [0, 0.05) is 12.2 Å². The number of carbonyl (C=O) groups is 1. The number of ether oxygens (including phenoxy) is 1. The molecule has 1 amide bonds. The standard InChI is InChI=1S/C11H17N3O2/c1-16-8-3-4-10(13)9(7-8)11(15)14-6-2-5-12/h3-4,7H,2,5-6,12-13H2,1H3,(H,14,15). The number of carbonyl (C=O) groups excluding carboxylic acids is 1. The van der Waals surface area contributed by atoms with E-state index in [1.54, 1.807) is 25.3 Å². The number of amides is 1. The highest BCUT2D eigenvalue weighted by molar-refractivity contribution is 5.99. The van der Waals surface area contributed by atoms with Crippen LogP contribution in [0.1, 0.15) is 16.8 Å². The van der Waals surface area contributed by atoms with Crippen molar-refractivity contribution in [2.75, 3.05) is 25.9 Å². The third-order valence-electron chi connectivity index (χ3n) is 2.17. The molecule has 5 N–H and O–H groups in total. The molecular formula is C11H17N3O2. The van der Waals surface area contributed by atoms with E-state index < -0.39 is 0 Å². The maximum Gasteiger partial charge on any atom is 0.253 e. The third kappa shape index (κ3) is 3.13. The van der Waals surface area contributed by atoms with Crippen LogP contribution in [0.3, 0.4) is 0 Å². The van der Waals surface area contributed by atoms with Gasteiger partial charge >= 0.3 is 0 Å². The second kappa shape index (κ2) is 5.97. The molecule has 0 bridgehead atoms. The lowest BCUT2D eigenvalue weighted by Gasteiger charge is -2.08. The summed E-state index contributed by atoms with van der Waals surface area (Å²) >= 11 is 0. The van der Waals surface area contributed by atoms with Gasteiger partial charge in [-0.05, 0) is 31.2 Å². The van der Waals surface area contributed by atoms with Crippen molar-refractivity contribution in [2.24, 2.45) is 5.73 Å². The van der Waals surface area contributed by atoms with E-state index in [2.05, 4.69) is 5.32 Å². The number of benzene rings is 1. The summed E-state index contributed by atoms with van der Waals surface area (Å²) < 4.78 is 5.03. The highest BCUT2D eigenvalue weighted by Gasteiger charge is 2.09. The molecule has 1 aromatic carbocycles. The highest BCUT2D eigenvalue weighted by Crippen LogP contribution is 2.19. The predicted molar refractivity (Wildman–Crippen MR) is 63.4 cm³/mol. The number of hydrogen-bond donors (Lipinski definition) is 3. The third-order valence-corrected chi connectivity index (χ3v) is 2.17. The molecule has 5 nitrogen and oxygen atoms in total. The molecule has 0 saturated heterocycles. The number of nitrogens with one attached hydrogen (secondary N) is 1. The van der Waals surface area contributed by atoms with Crippen molar-refractivity contribution in [3.8, 4) is 5.75 Å². The minimum atomic E-state index is -0.204. The lowest BCUT2D eigenvalue weighted by Crippen LogP contribution is -2.26. The Morgan fingerprint density at radius 1 is 1.50 bits per heavy atom. The molecule has 0 unspecified atom stereocenters. The van der Waals surface area contributed by atoms with Gasteiger partial charge in [-0.3, -0.25) is 4.79 Å². The Bertz CT molecular complexity index is 366. The van der Waals surface area contributed by atoms with Crippen molar-refractivity contribution in [1.82, 2.24) is 5.32 Å². The van der Waals surface area contributed by atoms with Crippen LogP contribution in [-0.2, 0) is 0 Å². The minimum Gasteiger partial charge on any atom is -0.497 e. The van der Waals surface area contributed by atoms with E-state index in [-0.39, 0.29) is 5.91 Å². The SMILES string of the molecule is COc1ccc(N)c(C(=O)NCCCN)c1. The van der Waals surface area contributed by atoms with Gasteiger partial charge in [-0.1, -0.05) is 0 Å². The largest absolute Gasteiger partial charge is 0.497 e. The molecular weight excluding hydrogens is 206 g/mol. The van der Waals surface area contributed by atoms with Crippen molar-refractivity contribution in [3.63, 3.8) is 0 Å². The fourth-order valence-electron chi connectivity index (χ4n) is 1.26. The van der Waals surface area contributed by atoms with E-state index in [4.69, 9.17) is 16.2 Å². The average molecular weight is 223 g/mol. The Morgan fingerprint density at radius 2 is 2.25 bits per heavy atom. The number of nitrogen functional groups attached to an aromatic ring is 1. The van der Waals surface area contributed by atoms with Gasteiger partial charge in [0.15, 0.2) is 0 Å². The molecule has 1 rings (SSSR count). The Kier molecular flexibility index (Phi) is 4.60. The fourth-order valence-corrected chi connectivity index (χ4v) is 1.26. The van der Waals surface area contributed by atoms with Gasteiger partial charge in [0.05, 0.1) is 12.7 Å². The first-order valence-electron chi connectivity index (χ1n) is 5.11. The van der Waals surface area contributed by atoms with Crippen LogP contribution in [0.4, 0.5) is 5.69 Å². The van der Waals surface area contributed by atoms with Crippen LogP contribution in [0.5, 0.6) is 5.75 Å². The number of hydrogen-bond acceptors (Lipinski definition) is 4. The summed E-state index contributed by atoms with van der Waals surface area (Å²) in [7, 11) is 1.54. The summed E-state index contributed by atoms with van der Waals surface area (Å²) in [6.07, 6.45) is 0.746. The molecule has 0 radical (unpaired) electrons. The molecule has 0 spiro atoms. The first-order chi connectivity index (χ1) is 7.69. The van der Waals surface area contributed by atoms with E-state index in [1.165, 1.54) is 0 Å². The first kappa shape index (κ1) is 12.3. The molecule has 0 heterocycles. The van der Waals surface area contributed by atoms with Crippen LogP contribution in [0.25, 0.3) is 0 Å². The zero-order chi connectivity index (χ0) is 12.0. The van der Waals surface area contributed by atoms with Crippen LogP contribution in [0.2, 0.25) is 0 Å². The van der Waals surface area contributed by atoms with Crippen molar-refractivity contribution in [3.05, 3.63) is 23.8 Å². The maximum absolute atomic E-state index is 11.7. The Morgan fingerprint density at radius 3 is 2.88 bits per heavy atom. The van der Waals surface area contributed by atoms with Gasteiger partial charge in [0.2, 0.25) is 0 Å². The van der Waals surface area contributed by atoms with Gasteiger partial charge in [-0.25, -0.2) is 0 Å². The second-order valence-corrected chi connectivity index (χ2v) is 3.35. The van der Waals surface area contributed by atoms with Crippen LogP contribution in [-0.4, -0.2) is 26.1 Å². The van der Waals surface area contributed by atoms with E-state index >= 15 is 0 Å². The Hall–Kier alpha value is -1.75. The lowest BCUT2D eigenvalue weighted by molar-refractivity contribution is 0.0954. The zero-order valence-corrected chi connectivity index (χ0v) is 9.32. The fraction of sp³-hybridized carbons (Fsp3) is 0.364. The van der Waals surface area contributed by atoms with E-state index in [0.29, 0.717) is 30.1 Å². The topological polar surface area (TPSA) is 90.4 Å². The van der Waals surface area contributed by atoms with Gasteiger partial charge in [0.25, 0.3) is 5.91 Å². The van der Waals surface area contributed by atoms with Gasteiger partial charge in [-0.2, -0.15) is 0 Å². The van der Waals surface area contributed by atoms with E-state index in [0.717, 1.165) is 6.42 Å². The molecule has 1 aromatic rings. The van der Waals surface area contributed by atoms with E-state index in [1.807, 2.05) is 0 Å². The van der Waals surface area contributed by atoms with Gasteiger partial charge < -0.3 is 21.5 Å². The summed E-state index contributed by atoms with van der Waals surface area (Å²) in [4.78, 5) is 11.7. The highest BCUT2D eigenvalue weighted by atomic mass is 16.5. The molecule has 0 atom stereocenters. The summed E-state index contributed by atoms with van der Waals surface area (Å²) in [5.74, 6) is 0.406. The molecule has 0 aromatic heterocycles. The summed E-state index contributed by atoms with van der Waals surface area (Å²) in [6, 6.07) is 4.98. The second-order valence-electron chi connectivity index (χ2n) is 3.35. The van der Waals surface area contributed by atoms with Crippen LogP contribution >= 0.6 is 0 Å². The summed E-state index contributed by atoms with van der Waals surface area (Å²) in [5, 5.41) is 2.74. The number of nitrogens with two attached hydrogens (primary N) is 2. The predicted octanol–water partition coefficient (Wildman–Crippen LogP) is 0.356. The molecule has 0 aliphatic heterocycles. The molecule has 0 saturated carbocycles. The van der Waals surface area contributed by atoms with Crippen LogP contribution in [0.15, 0.2) is 18.2 Å². The van der Waals surface area contributed by atoms with Crippen LogP contribution < -0.4 is 21.5 Å². The lowest BCUT2D eigenvalue weighted by atomic mass is 10.1. The maximum atomic E-state index is 11.7. The van der Waals surface area contributed by atoms with Gasteiger partial charge in [-0.15, -0.1) is 0 Å². The quantitative estimate of drug-likeness (QED) is 0.496. The van der Waals surface area contributed by atoms with Crippen molar-refractivity contribution >= 4 is 11.6 Å². The van der Waals surface area contributed by atoms with Crippen molar-refractivity contribution < 1.29 is 9.53 Å². The minimum absolute atomic E-state index is 0.204. The Balaban J connectivity index is 2.73. The molecule has 0 aliphatic carbocycles. The smallest absolute Gasteiger partial charge is 0.253 e. The van der Waals surface area contributed by atoms with Gasteiger partial charge in [0.1, 0.15) is 5.75 Å². The molecule has 5 heteroatoms. The van der Waals surface area contributed by atoms with Crippen molar-refractivity contribution in [1.29, 1.82) is 0 Å². The Labute approximate surface area is 94.8 Å². The molecule has 0 aliphatic rings. The summed E-state index contributed by atoms with van der Waals surface area (Å²) in [5.41, 5.74) is 11.9. The molecule has 0 fully saturated rings. The number of anilines is 1. The summed E-state index contributed by atoms with van der Waals surface area (Å²) in [6.45, 7) is 1.10. The molecule has 16 heavy (non-hydrogen) atoms.